The maximum absolute atomic E-state index is 15.0. The Morgan fingerprint density at radius 3 is 2.49 bits per heavy atom. The number of hydrogen-bond acceptors (Lipinski definition) is 8. The molecule has 0 radical (unpaired) electrons. The van der Waals surface area contributed by atoms with Crippen molar-refractivity contribution in [3.8, 4) is 23.0 Å². The van der Waals surface area contributed by atoms with Gasteiger partial charge in [0.2, 0.25) is 0 Å². The van der Waals surface area contributed by atoms with Crippen LogP contribution in [0.15, 0.2) is 47.7 Å². The first-order valence-corrected chi connectivity index (χ1v) is 12.4. The third kappa shape index (κ3) is 5.09. The van der Waals surface area contributed by atoms with Crippen LogP contribution in [0.1, 0.15) is 19.3 Å². The molecule has 0 spiro atoms. The molecule has 1 N–H and O–H groups in total. The van der Waals surface area contributed by atoms with Crippen LogP contribution in [0.4, 0.5) is 14.9 Å². The minimum Gasteiger partial charge on any atom is -0.493 e. The second kappa shape index (κ2) is 10.6. The molecule has 1 aliphatic carbocycles. The van der Waals surface area contributed by atoms with Gasteiger partial charge in [-0.25, -0.2) is 9.18 Å². The number of hydrogen-bond donors (Lipinski definition) is 1. The van der Waals surface area contributed by atoms with Gasteiger partial charge in [-0.2, -0.15) is 9.69 Å². The molecule has 39 heavy (non-hydrogen) atoms. The molecule has 2 heterocycles. The maximum atomic E-state index is 15.0. The van der Waals surface area contributed by atoms with Gasteiger partial charge in [-0.3, -0.25) is 9.78 Å². The van der Waals surface area contributed by atoms with E-state index < -0.39 is 29.7 Å². The predicted molar refractivity (Wildman–Crippen MR) is 137 cm³/mol. The molecular weight excluding hydrogens is 509 g/mol. The summed E-state index contributed by atoms with van der Waals surface area (Å²) in [4.78, 5) is 43.7. The van der Waals surface area contributed by atoms with Crippen LogP contribution in [0, 0.1) is 11.7 Å². The lowest BCUT2D eigenvalue weighted by Crippen LogP contribution is -2.55. The van der Waals surface area contributed by atoms with Crippen LogP contribution in [0.5, 0.6) is 23.0 Å². The van der Waals surface area contributed by atoms with Crippen molar-refractivity contribution in [3.63, 3.8) is 0 Å². The van der Waals surface area contributed by atoms with Gasteiger partial charge in [0, 0.05) is 29.4 Å². The van der Waals surface area contributed by atoms with E-state index in [9.17, 15) is 14.4 Å². The number of urea groups is 1. The topological polar surface area (TPSA) is 122 Å². The average molecular weight is 537 g/mol. The second-order valence-electron chi connectivity index (χ2n) is 9.34. The first-order chi connectivity index (χ1) is 18.8. The van der Waals surface area contributed by atoms with Crippen LogP contribution < -0.4 is 19.5 Å². The monoisotopic (exact) mass is 536 g/mol. The summed E-state index contributed by atoms with van der Waals surface area (Å²) >= 11 is 0. The van der Waals surface area contributed by atoms with E-state index in [4.69, 9.17) is 14.2 Å². The van der Waals surface area contributed by atoms with Crippen LogP contribution in [-0.2, 0) is 9.59 Å². The third-order valence-electron chi connectivity index (χ3n) is 6.84. The molecular formula is C27H27FN5O6+. The lowest BCUT2D eigenvalue weighted by molar-refractivity contribution is -0.482. The number of fused-ring (bicyclic) bond motifs is 1. The van der Waals surface area contributed by atoms with Crippen molar-refractivity contribution in [1.29, 1.82) is 0 Å². The minimum absolute atomic E-state index is 0.0919. The van der Waals surface area contributed by atoms with Gasteiger partial charge in [0.15, 0.2) is 23.1 Å². The Labute approximate surface area is 223 Å². The second-order valence-corrected chi connectivity index (χ2v) is 9.34. The summed E-state index contributed by atoms with van der Waals surface area (Å²) in [6.45, 7) is 0.254. The van der Waals surface area contributed by atoms with E-state index >= 15 is 4.39 Å². The SMILES string of the molecule is COc1cc2nccc(Oc3ccc(NC(=O)C4N=[N+](C)C(=O)N(CC5CCC5)C4=O)cc3F)c2cc1OC. The summed E-state index contributed by atoms with van der Waals surface area (Å²) in [6.07, 6.45) is 4.44. The van der Waals surface area contributed by atoms with Gasteiger partial charge >= 0.3 is 11.9 Å². The van der Waals surface area contributed by atoms with Crippen molar-refractivity contribution in [2.45, 2.75) is 25.3 Å². The summed E-state index contributed by atoms with van der Waals surface area (Å²) in [7, 11) is 4.41. The van der Waals surface area contributed by atoms with Crippen molar-refractivity contribution < 1.29 is 37.7 Å². The molecule has 1 saturated carbocycles. The first-order valence-electron chi connectivity index (χ1n) is 12.4. The summed E-state index contributed by atoms with van der Waals surface area (Å²) < 4.78 is 32.5. The highest BCUT2D eigenvalue weighted by Crippen LogP contribution is 2.37. The predicted octanol–water partition coefficient (Wildman–Crippen LogP) is 4.35. The highest BCUT2D eigenvalue weighted by Gasteiger charge is 2.48. The van der Waals surface area contributed by atoms with Gasteiger partial charge < -0.3 is 19.5 Å². The number of carbonyl (C=O) groups excluding carboxylic acids is 3. The quantitative estimate of drug-likeness (QED) is 0.336. The maximum Gasteiger partial charge on any atom is 0.520 e. The number of ether oxygens (including phenoxy) is 3. The summed E-state index contributed by atoms with van der Waals surface area (Å²) in [5.74, 6) is -0.784. The van der Waals surface area contributed by atoms with Gasteiger partial charge in [-0.15, -0.1) is 4.70 Å². The number of aromatic nitrogens is 1. The molecule has 2 aliphatic rings. The Kier molecular flexibility index (Phi) is 7.09. The lowest BCUT2D eigenvalue weighted by atomic mass is 9.85. The van der Waals surface area contributed by atoms with Crippen molar-refractivity contribution in [2.24, 2.45) is 11.0 Å². The highest BCUT2D eigenvalue weighted by molar-refractivity contribution is 6.13. The summed E-state index contributed by atoms with van der Waals surface area (Å²) in [6, 6.07) is 6.82. The van der Waals surface area contributed by atoms with E-state index in [-0.39, 0.29) is 23.9 Å². The smallest absolute Gasteiger partial charge is 0.493 e. The molecule has 11 nitrogen and oxygen atoms in total. The van der Waals surface area contributed by atoms with Gasteiger partial charge in [-0.1, -0.05) is 11.5 Å². The molecule has 12 heteroatoms. The summed E-state index contributed by atoms with van der Waals surface area (Å²) in [5.41, 5.74) is 0.661. The fraction of sp³-hybridized carbons (Fsp3) is 0.333. The van der Waals surface area contributed by atoms with Crippen LogP contribution in [-0.4, -0.2) is 66.3 Å². The molecule has 0 saturated heterocycles. The van der Waals surface area contributed by atoms with Gasteiger partial charge in [0.1, 0.15) is 19.3 Å². The Hall–Kier alpha value is -4.61. The number of halogens is 1. The number of anilines is 1. The Bertz CT molecular complexity index is 1510. The van der Waals surface area contributed by atoms with E-state index in [0.29, 0.717) is 28.2 Å². The van der Waals surface area contributed by atoms with Gasteiger partial charge in [0.25, 0.3) is 11.9 Å². The largest absolute Gasteiger partial charge is 0.520 e. The van der Waals surface area contributed by atoms with E-state index in [0.717, 1.165) is 34.9 Å². The molecule has 202 valence electrons. The highest BCUT2D eigenvalue weighted by atomic mass is 19.1. The molecule has 1 unspecified atom stereocenters. The number of methoxy groups -OCH3 is 2. The number of rotatable bonds is 8. The average Bonchev–Trinajstić information content (AvgIpc) is 2.90. The number of pyridine rings is 1. The number of nitrogens with zero attached hydrogens (tertiary/aromatic N) is 4. The Morgan fingerprint density at radius 1 is 1.08 bits per heavy atom. The molecule has 4 amide bonds. The van der Waals surface area contributed by atoms with Crippen LogP contribution in [0.25, 0.3) is 10.9 Å². The van der Waals surface area contributed by atoms with Crippen molar-refractivity contribution >= 4 is 34.4 Å². The van der Waals surface area contributed by atoms with E-state index in [2.05, 4.69) is 15.4 Å². The molecule has 1 aliphatic heterocycles. The molecule has 5 rings (SSSR count). The number of amides is 4. The third-order valence-corrected chi connectivity index (χ3v) is 6.84. The number of azo groups is 2. The molecule has 3 aromatic rings. The number of nitrogens with one attached hydrogen (secondary N) is 1. The Balaban J connectivity index is 1.33. The molecule has 1 atom stereocenters. The number of benzene rings is 2. The normalized spacial score (nSPS) is 17.5. The zero-order chi connectivity index (χ0) is 27.7. The van der Waals surface area contributed by atoms with Crippen LogP contribution in [0.2, 0.25) is 0 Å². The number of imide groups is 1. The first kappa shape index (κ1) is 26.0. The number of carbonyl (C=O) groups is 3. The lowest BCUT2D eigenvalue weighted by Gasteiger charge is -2.28. The van der Waals surface area contributed by atoms with Crippen LogP contribution in [0.3, 0.4) is 0 Å². The van der Waals surface area contributed by atoms with Crippen LogP contribution >= 0.6 is 0 Å². The molecule has 1 aromatic heterocycles. The van der Waals surface area contributed by atoms with Crippen molar-refractivity contribution in [1.82, 2.24) is 9.88 Å². The zero-order valence-electron chi connectivity index (χ0n) is 21.6. The fourth-order valence-electron chi connectivity index (χ4n) is 4.48. The molecule has 1 fully saturated rings. The van der Waals surface area contributed by atoms with E-state index in [1.54, 1.807) is 18.2 Å². The Morgan fingerprint density at radius 2 is 1.82 bits per heavy atom. The van der Waals surface area contributed by atoms with Gasteiger partial charge in [-0.05, 0) is 43.0 Å². The standard InChI is InChI=1S/C27H26FN5O6/c1-32-27(36)33(14-15-5-4-6-15)26(35)24(31-32)25(34)30-16-7-8-21(18(28)11-16)39-20-9-10-29-19-13-23(38-3)22(37-2)12-17(19)20/h7-13,15,24H,4-6,14H2,1-3H3/p+1. The van der Waals surface area contributed by atoms with E-state index in [1.165, 1.54) is 39.6 Å². The molecule has 0 bridgehead atoms. The van der Waals surface area contributed by atoms with Crippen molar-refractivity contribution in [2.75, 3.05) is 33.1 Å². The minimum atomic E-state index is -1.46. The van der Waals surface area contributed by atoms with E-state index in [1.807, 2.05) is 0 Å². The van der Waals surface area contributed by atoms with Gasteiger partial charge in [0.05, 0.1) is 19.7 Å². The van der Waals surface area contributed by atoms with Crippen molar-refractivity contribution in [3.05, 3.63) is 48.4 Å². The fourth-order valence-corrected chi connectivity index (χ4v) is 4.48. The summed E-state index contributed by atoms with van der Waals surface area (Å²) in [5, 5.41) is 7.02. The zero-order valence-corrected chi connectivity index (χ0v) is 21.6. The molecule has 2 aromatic carbocycles.